The van der Waals surface area contributed by atoms with Crippen LogP contribution in [0, 0.1) is 5.82 Å². The quantitative estimate of drug-likeness (QED) is 0.853. The maximum absolute atomic E-state index is 12.9. The third kappa shape index (κ3) is 4.37. The Labute approximate surface area is 122 Å². The van der Waals surface area contributed by atoms with Crippen molar-refractivity contribution in [3.05, 3.63) is 52.2 Å². The van der Waals surface area contributed by atoms with E-state index < -0.39 is 6.10 Å². The van der Waals surface area contributed by atoms with E-state index in [1.54, 1.807) is 23.5 Å². The van der Waals surface area contributed by atoms with Gasteiger partial charge in [-0.2, -0.15) is 0 Å². The van der Waals surface area contributed by atoms with E-state index in [-0.39, 0.29) is 5.82 Å². The molecule has 0 radical (unpaired) electrons. The fourth-order valence-corrected chi connectivity index (χ4v) is 2.65. The molecule has 0 aliphatic rings. The SMILES string of the molecule is CCN(CCc1nccs1)CC(O)c1ccc(F)cc1. The van der Waals surface area contributed by atoms with Crippen molar-refractivity contribution in [3.8, 4) is 0 Å². The predicted octanol–water partition coefficient (Wildman–Crippen LogP) is 2.88. The van der Waals surface area contributed by atoms with Crippen LogP contribution < -0.4 is 0 Å². The maximum Gasteiger partial charge on any atom is 0.123 e. The van der Waals surface area contributed by atoms with E-state index >= 15 is 0 Å². The Morgan fingerprint density at radius 3 is 2.70 bits per heavy atom. The van der Waals surface area contributed by atoms with Gasteiger partial charge in [0.05, 0.1) is 11.1 Å². The number of halogens is 1. The molecule has 1 unspecified atom stereocenters. The van der Waals surface area contributed by atoms with Crippen molar-refractivity contribution < 1.29 is 9.50 Å². The molecule has 0 spiro atoms. The lowest BCUT2D eigenvalue weighted by Crippen LogP contribution is -2.30. The minimum Gasteiger partial charge on any atom is -0.387 e. The summed E-state index contributed by atoms with van der Waals surface area (Å²) in [5.41, 5.74) is 0.749. The first-order valence-corrected chi connectivity index (χ1v) is 7.61. The maximum atomic E-state index is 12.9. The molecule has 108 valence electrons. The summed E-state index contributed by atoms with van der Waals surface area (Å²) in [5, 5.41) is 13.3. The van der Waals surface area contributed by atoms with Gasteiger partial charge in [0.15, 0.2) is 0 Å². The Morgan fingerprint density at radius 2 is 2.10 bits per heavy atom. The van der Waals surface area contributed by atoms with Gasteiger partial charge < -0.3 is 10.0 Å². The van der Waals surface area contributed by atoms with Gasteiger partial charge in [-0.3, -0.25) is 0 Å². The summed E-state index contributed by atoms with van der Waals surface area (Å²) in [6, 6.07) is 6.03. The van der Waals surface area contributed by atoms with E-state index in [0.717, 1.165) is 30.1 Å². The summed E-state index contributed by atoms with van der Waals surface area (Å²) in [5.74, 6) is -0.280. The third-order valence-corrected chi connectivity index (χ3v) is 4.10. The molecule has 0 bridgehead atoms. The summed E-state index contributed by atoms with van der Waals surface area (Å²) < 4.78 is 12.9. The molecule has 0 aliphatic carbocycles. The molecular weight excluding hydrogens is 275 g/mol. The number of rotatable bonds is 7. The van der Waals surface area contributed by atoms with Crippen LogP contribution in [0.4, 0.5) is 4.39 Å². The van der Waals surface area contributed by atoms with Gasteiger partial charge in [0, 0.05) is 31.1 Å². The van der Waals surface area contributed by atoms with Crippen molar-refractivity contribution in [1.29, 1.82) is 0 Å². The third-order valence-electron chi connectivity index (χ3n) is 3.26. The number of nitrogens with zero attached hydrogens (tertiary/aromatic N) is 2. The van der Waals surface area contributed by atoms with Gasteiger partial charge in [0.25, 0.3) is 0 Å². The van der Waals surface area contributed by atoms with Crippen LogP contribution in [0.2, 0.25) is 0 Å². The molecule has 20 heavy (non-hydrogen) atoms. The number of aromatic nitrogens is 1. The fraction of sp³-hybridized carbons (Fsp3) is 0.400. The summed E-state index contributed by atoms with van der Waals surface area (Å²) in [4.78, 5) is 6.43. The zero-order valence-electron chi connectivity index (χ0n) is 11.5. The molecule has 0 saturated carbocycles. The zero-order valence-corrected chi connectivity index (χ0v) is 12.3. The number of aliphatic hydroxyl groups is 1. The highest BCUT2D eigenvalue weighted by molar-refractivity contribution is 7.09. The molecule has 0 amide bonds. The summed E-state index contributed by atoms with van der Waals surface area (Å²) >= 11 is 1.65. The monoisotopic (exact) mass is 294 g/mol. The highest BCUT2D eigenvalue weighted by atomic mass is 32.1. The van der Waals surface area contributed by atoms with Gasteiger partial charge in [-0.15, -0.1) is 11.3 Å². The molecule has 1 aromatic heterocycles. The molecule has 2 aromatic rings. The molecule has 0 fully saturated rings. The summed E-state index contributed by atoms with van der Waals surface area (Å²) in [7, 11) is 0. The van der Waals surface area contributed by atoms with Crippen LogP contribution in [0.25, 0.3) is 0 Å². The highest BCUT2D eigenvalue weighted by Crippen LogP contribution is 2.15. The molecule has 0 aliphatic heterocycles. The first kappa shape index (κ1) is 15.1. The van der Waals surface area contributed by atoms with Crippen LogP contribution in [0.5, 0.6) is 0 Å². The number of thiazole rings is 1. The highest BCUT2D eigenvalue weighted by Gasteiger charge is 2.13. The second-order valence-electron chi connectivity index (χ2n) is 4.64. The largest absolute Gasteiger partial charge is 0.387 e. The minimum atomic E-state index is -0.591. The lowest BCUT2D eigenvalue weighted by molar-refractivity contribution is 0.116. The van der Waals surface area contributed by atoms with E-state index in [4.69, 9.17) is 0 Å². The average Bonchev–Trinajstić information content (AvgIpc) is 2.97. The molecule has 0 saturated heterocycles. The van der Waals surface area contributed by atoms with Crippen LogP contribution in [0.3, 0.4) is 0 Å². The Kier molecular flexibility index (Phi) is 5.64. The molecule has 1 heterocycles. The van der Waals surface area contributed by atoms with Crippen molar-refractivity contribution in [3.63, 3.8) is 0 Å². The Morgan fingerprint density at radius 1 is 1.35 bits per heavy atom. The van der Waals surface area contributed by atoms with Gasteiger partial charge >= 0.3 is 0 Å². The van der Waals surface area contributed by atoms with Crippen molar-refractivity contribution >= 4 is 11.3 Å². The average molecular weight is 294 g/mol. The molecule has 5 heteroatoms. The Bertz CT molecular complexity index is 501. The Balaban J connectivity index is 1.87. The number of hydrogen-bond acceptors (Lipinski definition) is 4. The molecule has 3 nitrogen and oxygen atoms in total. The molecule has 1 aromatic carbocycles. The first-order valence-electron chi connectivity index (χ1n) is 6.73. The van der Waals surface area contributed by atoms with Crippen LogP contribution in [-0.2, 0) is 6.42 Å². The molecule has 1 N–H and O–H groups in total. The molecule has 1 atom stereocenters. The van der Waals surface area contributed by atoms with Gasteiger partial charge in [-0.05, 0) is 24.2 Å². The smallest absolute Gasteiger partial charge is 0.123 e. The van der Waals surface area contributed by atoms with Crippen LogP contribution >= 0.6 is 11.3 Å². The van der Waals surface area contributed by atoms with E-state index in [9.17, 15) is 9.50 Å². The molecular formula is C15H19FN2OS. The number of benzene rings is 1. The standard InChI is InChI=1S/C15H19FN2OS/c1-2-18(9-7-15-17-8-10-20-15)11-14(19)12-3-5-13(16)6-4-12/h3-6,8,10,14,19H,2,7,9,11H2,1H3. The topological polar surface area (TPSA) is 36.4 Å². The van der Waals surface area contributed by atoms with E-state index in [2.05, 4.69) is 16.8 Å². The second-order valence-corrected chi connectivity index (χ2v) is 5.62. The lowest BCUT2D eigenvalue weighted by Gasteiger charge is -2.23. The Hall–Kier alpha value is -1.30. The van der Waals surface area contributed by atoms with Crippen LogP contribution in [0.1, 0.15) is 23.6 Å². The van der Waals surface area contributed by atoms with Crippen molar-refractivity contribution in [2.75, 3.05) is 19.6 Å². The normalized spacial score (nSPS) is 12.8. The second kappa shape index (κ2) is 7.47. The van der Waals surface area contributed by atoms with Gasteiger partial charge in [0.2, 0.25) is 0 Å². The van der Waals surface area contributed by atoms with E-state index in [1.165, 1.54) is 12.1 Å². The van der Waals surface area contributed by atoms with Gasteiger partial charge in [-0.25, -0.2) is 9.37 Å². The van der Waals surface area contributed by atoms with Gasteiger partial charge in [0.1, 0.15) is 5.82 Å². The van der Waals surface area contributed by atoms with Crippen LogP contribution in [0.15, 0.2) is 35.8 Å². The first-order chi connectivity index (χ1) is 9.69. The van der Waals surface area contributed by atoms with Crippen LogP contribution in [-0.4, -0.2) is 34.6 Å². The fourth-order valence-electron chi connectivity index (χ4n) is 2.04. The number of likely N-dealkylation sites (N-methyl/N-ethyl adjacent to an activating group) is 1. The number of aliphatic hydroxyl groups excluding tert-OH is 1. The molecule has 2 rings (SSSR count). The van der Waals surface area contributed by atoms with Gasteiger partial charge in [-0.1, -0.05) is 19.1 Å². The zero-order chi connectivity index (χ0) is 14.4. The lowest BCUT2D eigenvalue weighted by atomic mass is 10.1. The van der Waals surface area contributed by atoms with Crippen molar-refractivity contribution in [1.82, 2.24) is 9.88 Å². The van der Waals surface area contributed by atoms with Crippen molar-refractivity contribution in [2.24, 2.45) is 0 Å². The predicted molar refractivity (Wildman–Crippen MR) is 79.3 cm³/mol. The summed E-state index contributed by atoms with van der Waals surface area (Å²) in [6.45, 7) is 4.35. The summed E-state index contributed by atoms with van der Waals surface area (Å²) in [6.07, 6.45) is 2.11. The van der Waals surface area contributed by atoms with E-state index in [1.807, 2.05) is 11.6 Å². The van der Waals surface area contributed by atoms with Crippen molar-refractivity contribution in [2.45, 2.75) is 19.4 Å². The minimum absolute atomic E-state index is 0.280. The number of hydrogen-bond donors (Lipinski definition) is 1. The van der Waals surface area contributed by atoms with E-state index in [0.29, 0.717) is 6.54 Å².